The first-order valence-electron chi connectivity index (χ1n) is 12.1. The fourth-order valence-electron chi connectivity index (χ4n) is 2.95. The monoisotopic (exact) mass is 568 g/mol. The van der Waals surface area contributed by atoms with E-state index in [-0.39, 0.29) is 25.5 Å². The Labute approximate surface area is 225 Å². The van der Waals surface area contributed by atoms with Gasteiger partial charge in [0.2, 0.25) is 21.6 Å². The Morgan fingerprint density at radius 3 is 2.21 bits per heavy atom. The summed E-state index contributed by atoms with van der Waals surface area (Å²) in [5, 5.41) is 14.8. The number of nitrogens with zero attached hydrogens (tertiary/aromatic N) is 5. The molecule has 0 aliphatic heterocycles. The molecule has 0 aliphatic carbocycles. The Hall–Kier alpha value is -3.44. The van der Waals surface area contributed by atoms with Crippen LogP contribution in [0.4, 0.5) is 0 Å². The second kappa shape index (κ2) is 15.8. The lowest BCUT2D eigenvalue weighted by molar-refractivity contribution is -0.119. The van der Waals surface area contributed by atoms with Crippen molar-refractivity contribution in [1.82, 2.24) is 25.2 Å². The lowest BCUT2D eigenvalue weighted by Crippen LogP contribution is -2.14. The van der Waals surface area contributed by atoms with Crippen molar-refractivity contribution in [3.63, 3.8) is 0 Å². The molecule has 15 nitrogen and oxygen atoms in total. The van der Waals surface area contributed by atoms with Crippen molar-refractivity contribution in [2.24, 2.45) is 5.73 Å². The van der Waals surface area contributed by atoms with Crippen LogP contribution in [-0.4, -0.2) is 98.6 Å². The lowest BCUT2D eigenvalue weighted by Gasteiger charge is -2.08. The Balaban J connectivity index is 1.15. The largest absolute Gasteiger partial charge is 0.491 e. The lowest BCUT2D eigenvalue weighted by atomic mass is 10.2. The molecule has 0 saturated carbocycles. The normalized spacial score (nSPS) is 11.6. The topological polar surface area (TPSA) is 193 Å². The molecule has 214 valence electrons. The van der Waals surface area contributed by atoms with Crippen molar-refractivity contribution in [3.05, 3.63) is 36.2 Å². The minimum atomic E-state index is -3.55. The summed E-state index contributed by atoms with van der Waals surface area (Å²) in [5.41, 5.74) is 6.29. The maximum atomic E-state index is 11.4. The summed E-state index contributed by atoms with van der Waals surface area (Å²) in [6, 6.07) is 6.82. The van der Waals surface area contributed by atoms with Crippen molar-refractivity contribution in [1.29, 1.82) is 0 Å². The summed E-state index contributed by atoms with van der Waals surface area (Å²) in [6.07, 6.45) is 2.93. The standard InChI is InChI=1S/C23H32N6O9S/c1-39(31,32)23-27-26-22(38-23)18-2-4-20(5-3-18)37-15-14-35-13-12-34-11-10-33-9-7-29-16-19(25-28-29)17-36-8-6-21(24)30/h2-5,16H,6-15,17H2,1H3,(H2,24,30). The van der Waals surface area contributed by atoms with E-state index in [0.717, 1.165) is 6.26 Å². The van der Waals surface area contributed by atoms with Crippen molar-refractivity contribution in [2.75, 3.05) is 59.1 Å². The Bertz CT molecular complexity index is 1250. The smallest absolute Gasteiger partial charge is 0.335 e. The number of hydrogen-bond acceptors (Lipinski definition) is 13. The van der Waals surface area contributed by atoms with E-state index in [1.807, 2.05) is 0 Å². The fraction of sp³-hybridized carbons (Fsp3) is 0.522. The average Bonchev–Trinajstić information content (AvgIpc) is 3.58. The quantitative estimate of drug-likeness (QED) is 0.183. The molecule has 2 N–H and O–H groups in total. The molecule has 2 heterocycles. The van der Waals surface area contributed by atoms with Crippen LogP contribution in [0.1, 0.15) is 12.1 Å². The van der Waals surface area contributed by atoms with E-state index < -0.39 is 21.0 Å². The van der Waals surface area contributed by atoms with Crippen molar-refractivity contribution in [3.8, 4) is 17.2 Å². The number of aromatic nitrogens is 5. The molecule has 39 heavy (non-hydrogen) atoms. The predicted molar refractivity (Wildman–Crippen MR) is 134 cm³/mol. The second-order valence-corrected chi connectivity index (χ2v) is 9.99. The number of carbonyl (C=O) groups excluding carboxylic acids is 1. The molecule has 0 unspecified atom stereocenters. The van der Waals surface area contributed by atoms with Gasteiger partial charge in [0.05, 0.1) is 65.6 Å². The highest BCUT2D eigenvalue weighted by Gasteiger charge is 2.17. The summed E-state index contributed by atoms with van der Waals surface area (Å²) < 4.78 is 57.1. The Morgan fingerprint density at radius 2 is 1.56 bits per heavy atom. The maximum Gasteiger partial charge on any atom is 0.335 e. The van der Waals surface area contributed by atoms with Crippen LogP contribution >= 0.6 is 0 Å². The highest BCUT2D eigenvalue weighted by atomic mass is 32.2. The minimum absolute atomic E-state index is 0.113. The Morgan fingerprint density at radius 1 is 0.897 bits per heavy atom. The van der Waals surface area contributed by atoms with E-state index in [1.165, 1.54) is 0 Å². The van der Waals surface area contributed by atoms with Gasteiger partial charge >= 0.3 is 5.22 Å². The zero-order chi connectivity index (χ0) is 27.9. The number of amides is 1. The molecule has 2 aromatic heterocycles. The summed E-state index contributed by atoms with van der Waals surface area (Å²) in [6.45, 7) is 3.99. The number of primary amides is 1. The van der Waals surface area contributed by atoms with Gasteiger partial charge in [0, 0.05) is 18.2 Å². The van der Waals surface area contributed by atoms with E-state index in [4.69, 9.17) is 33.8 Å². The second-order valence-electron chi connectivity index (χ2n) is 8.10. The third-order valence-electron chi connectivity index (χ3n) is 4.86. The Kier molecular flexibility index (Phi) is 12.2. The fourth-order valence-corrected chi connectivity index (χ4v) is 3.37. The highest BCUT2D eigenvalue weighted by Crippen LogP contribution is 2.22. The third kappa shape index (κ3) is 11.5. The van der Waals surface area contributed by atoms with Gasteiger partial charge in [0.1, 0.15) is 18.1 Å². The van der Waals surface area contributed by atoms with Crippen molar-refractivity contribution < 1.29 is 41.3 Å². The van der Waals surface area contributed by atoms with Gasteiger partial charge in [-0.2, -0.15) is 0 Å². The van der Waals surface area contributed by atoms with Gasteiger partial charge in [-0.15, -0.1) is 10.2 Å². The number of ether oxygens (including phenoxy) is 5. The molecule has 3 aromatic rings. The van der Waals surface area contributed by atoms with E-state index in [9.17, 15) is 13.2 Å². The first-order chi connectivity index (χ1) is 18.8. The number of benzene rings is 1. The first-order valence-corrected chi connectivity index (χ1v) is 14.0. The average molecular weight is 569 g/mol. The SMILES string of the molecule is CS(=O)(=O)c1nnc(-c2ccc(OCCOCCOCCOCCn3cc(COCCC(N)=O)nn3)cc2)o1. The van der Waals surface area contributed by atoms with Gasteiger partial charge in [0.25, 0.3) is 0 Å². The molecule has 0 aliphatic rings. The van der Waals surface area contributed by atoms with Crippen LogP contribution in [0.25, 0.3) is 11.5 Å². The van der Waals surface area contributed by atoms with E-state index in [0.29, 0.717) is 69.8 Å². The van der Waals surface area contributed by atoms with Gasteiger partial charge in [-0.05, 0) is 24.3 Å². The van der Waals surface area contributed by atoms with Crippen LogP contribution in [0.15, 0.2) is 40.1 Å². The van der Waals surface area contributed by atoms with Gasteiger partial charge in [-0.25, -0.2) is 13.1 Å². The molecule has 1 aromatic carbocycles. The minimum Gasteiger partial charge on any atom is -0.491 e. The molecule has 3 rings (SSSR count). The maximum absolute atomic E-state index is 11.4. The van der Waals surface area contributed by atoms with Crippen LogP contribution in [0.2, 0.25) is 0 Å². The van der Waals surface area contributed by atoms with Gasteiger partial charge in [-0.1, -0.05) is 10.3 Å². The molecule has 0 radical (unpaired) electrons. The molecular weight excluding hydrogens is 536 g/mol. The van der Waals surface area contributed by atoms with Gasteiger partial charge in [-0.3, -0.25) is 4.79 Å². The first kappa shape index (κ1) is 30.1. The zero-order valence-corrected chi connectivity index (χ0v) is 22.4. The molecule has 1 amide bonds. The van der Waals surface area contributed by atoms with Crippen LogP contribution < -0.4 is 10.5 Å². The zero-order valence-electron chi connectivity index (χ0n) is 21.6. The number of sulfone groups is 1. The molecule has 0 bridgehead atoms. The van der Waals surface area contributed by atoms with Crippen LogP contribution in [-0.2, 0) is 46.7 Å². The van der Waals surface area contributed by atoms with E-state index >= 15 is 0 Å². The van der Waals surface area contributed by atoms with Gasteiger partial charge in [0.15, 0.2) is 0 Å². The molecular formula is C23H32N6O9S. The van der Waals surface area contributed by atoms with Crippen LogP contribution in [0, 0.1) is 0 Å². The number of nitrogens with two attached hydrogens (primary N) is 1. The summed E-state index contributed by atoms with van der Waals surface area (Å²) in [7, 11) is -3.55. The van der Waals surface area contributed by atoms with E-state index in [1.54, 1.807) is 35.1 Å². The van der Waals surface area contributed by atoms with Crippen LogP contribution in [0.5, 0.6) is 5.75 Å². The van der Waals surface area contributed by atoms with Crippen molar-refractivity contribution in [2.45, 2.75) is 24.8 Å². The molecule has 0 spiro atoms. The predicted octanol–water partition coefficient (Wildman–Crippen LogP) is 0.252. The van der Waals surface area contributed by atoms with Crippen molar-refractivity contribution >= 4 is 15.7 Å². The van der Waals surface area contributed by atoms with Crippen LogP contribution in [0.3, 0.4) is 0 Å². The summed E-state index contributed by atoms with van der Waals surface area (Å²) in [5.74, 6) is 0.326. The summed E-state index contributed by atoms with van der Waals surface area (Å²) >= 11 is 0. The molecule has 16 heteroatoms. The van der Waals surface area contributed by atoms with Gasteiger partial charge < -0.3 is 33.8 Å². The number of rotatable bonds is 20. The third-order valence-corrected chi connectivity index (χ3v) is 5.66. The number of hydrogen-bond donors (Lipinski definition) is 1. The molecule has 0 atom stereocenters. The summed E-state index contributed by atoms with van der Waals surface area (Å²) in [4.78, 5) is 10.7. The number of carbonyl (C=O) groups is 1. The van der Waals surface area contributed by atoms with E-state index in [2.05, 4.69) is 20.5 Å². The molecule has 0 saturated heterocycles. The molecule has 0 fully saturated rings. The highest BCUT2D eigenvalue weighted by molar-refractivity contribution is 7.90.